The van der Waals surface area contributed by atoms with E-state index >= 15 is 0 Å². The van der Waals surface area contributed by atoms with Crippen LogP contribution in [0, 0.1) is 0 Å². The Hall–Kier alpha value is -1.66. The van der Waals surface area contributed by atoms with Crippen molar-refractivity contribution in [3.8, 4) is 0 Å². The molecule has 6 nitrogen and oxygen atoms in total. The summed E-state index contributed by atoms with van der Waals surface area (Å²) in [7, 11) is 0. The molecule has 1 aromatic heterocycles. The number of morpholine rings is 1. The number of ether oxygens (including phenoxy) is 1. The lowest BCUT2D eigenvalue weighted by atomic mass is 9.97. The highest BCUT2D eigenvalue weighted by Gasteiger charge is 2.39. The zero-order valence-electron chi connectivity index (χ0n) is 14.4. The van der Waals surface area contributed by atoms with Gasteiger partial charge in [0.15, 0.2) is 11.5 Å². The number of furan rings is 1. The van der Waals surface area contributed by atoms with Gasteiger partial charge in [-0.3, -0.25) is 14.5 Å². The second-order valence-electron chi connectivity index (χ2n) is 6.85. The molecule has 0 aliphatic carbocycles. The molecule has 2 atom stereocenters. The van der Waals surface area contributed by atoms with Gasteiger partial charge in [-0.1, -0.05) is 0 Å². The van der Waals surface area contributed by atoms with Crippen molar-refractivity contribution in [1.82, 2.24) is 9.80 Å². The highest BCUT2D eigenvalue weighted by Crippen LogP contribution is 2.25. The molecule has 1 amide bonds. The van der Waals surface area contributed by atoms with Crippen LogP contribution < -0.4 is 0 Å². The minimum absolute atomic E-state index is 0.0375. The van der Waals surface area contributed by atoms with Crippen LogP contribution in [0.5, 0.6) is 0 Å². The first-order valence-corrected chi connectivity index (χ1v) is 8.78. The van der Waals surface area contributed by atoms with Crippen LogP contribution in [0.15, 0.2) is 22.8 Å². The summed E-state index contributed by atoms with van der Waals surface area (Å²) in [5, 5.41) is 0. The molecule has 132 valence electrons. The molecule has 2 aliphatic rings. The third-order valence-electron chi connectivity index (χ3n) is 4.96. The van der Waals surface area contributed by atoms with Crippen molar-refractivity contribution in [2.24, 2.45) is 0 Å². The summed E-state index contributed by atoms with van der Waals surface area (Å²) < 4.78 is 10.8. The van der Waals surface area contributed by atoms with E-state index in [0.717, 1.165) is 19.4 Å². The molecule has 6 heteroatoms. The number of carbonyl (C=O) groups excluding carboxylic acids is 2. The van der Waals surface area contributed by atoms with Gasteiger partial charge in [-0.05, 0) is 38.8 Å². The van der Waals surface area contributed by atoms with E-state index in [1.54, 1.807) is 12.1 Å². The van der Waals surface area contributed by atoms with Crippen molar-refractivity contribution < 1.29 is 18.7 Å². The predicted molar refractivity (Wildman–Crippen MR) is 88.8 cm³/mol. The van der Waals surface area contributed by atoms with E-state index in [2.05, 4.69) is 18.7 Å². The predicted octanol–water partition coefficient (Wildman–Crippen LogP) is 1.95. The summed E-state index contributed by atoms with van der Waals surface area (Å²) in [5.74, 6) is 0.525. The Labute approximate surface area is 142 Å². The van der Waals surface area contributed by atoms with Gasteiger partial charge in [0, 0.05) is 31.6 Å². The van der Waals surface area contributed by atoms with Crippen LogP contribution in [0.4, 0.5) is 0 Å². The average Bonchev–Trinajstić information content (AvgIpc) is 3.10. The molecule has 3 rings (SSSR count). The fraction of sp³-hybridized carbons (Fsp3) is 0.667. The first-order chi connectivity index (χ1) is 11.6. The molecule has 0 spiro atoms. The number of piperidine rings is 1. The van der Waals surface area contributed by atoms with Gasteiger partial charge in [0.1, 0.15) is 0 Å². The van der Waals surface area contributed by atoms with Crippen molar-refractivity contribution in [2.45, 2.75) is 51.2 Å². The Morgan fingerprint density at radius 2 is 2.21 bits per heavy atom. The molecule has 3 heterocycles. The van der Waals surface area contributed by atoms with Gasteiger partial charge in [-0.2, -0.15) is 0 Å². The largest absolute Gasteiger partial charge is 0.461 e. The lowest BCUT2D eigenvalue weighted by molar-refractivity contribution is -0.146. The van der Waals surface area contributed by atoms with E-state index < -0.39 is 0 Å². The van der Waals surface area contributed by atoms with Gasteiger partial charge in [0.05, 0.1) is 25.5 Å². The molecule has 24 heavy (non-hydrogen) atoms. The van der Waals surface area contributed by atoms with E-state index in [0.29, 0.717) is 31.9 Å². The van der Waals surface area contributed by atoms with E-state index in [1.165, 1.54) is 6.26 Å². The van der Waals surface area contributed by atoms with Gasteiger partial charge in [0.25, 0.3) is 0 Å². The Morgan fingerprint density at radius 3 is 2.92 bits per heavy atom. The molecule has 0 bridgehead atoms. The zero-order valence-corrected chi connectivity index (χ0v) is 14.4. The Kier molecular flexibility index (Phi) is 5.36. The van der Waals surface area contributed by atoms with Gasteiger partial charge < -0.3 is 14.1 Å². The number of nitrogens with zero attached hydrogens (tertiary/aromatic N) is 2. The number of ketones is 1. The molecule has 0 unspecified atom stereocenters. The van der Waals surface area contributed by atoms with Crippen LogP contribution in [0.2, 0.25) is 0 Å². The smallest absolute Gasteiger partial charge is 0.240 e. The number of Topliss-reactive ketones (excluding diaryl/α,β-unsaturated/α-hetero) is 1. The van der Waals surface area contributed by atoms with Crippen LogP contribution in [0.1, 0.15) is 43.7 Å². The molecule has 2 saturated heterocycles. The van der Waals surface area contributed by atoms with Crippen LogP contribution in [0.25, 0.3) is 0 Å². The lowest BCUT2D eigenvalue weighted by Gasteiger charge is -2.45. The summed E-state index contributed by atoms with van der Waals surface area (Å²) in [6.07, 6.45) is 3.69. The molecular formula is C18H26N2O4. The van der Waals surface area contributed by atoms with E-state index in [4.69, 9.17) is 9.15 Å². The maximum absolute atomic E-state index is 12.9. The summed E-state index contributed by atoms with van der Waals surface area (Å²) in [4.78, 5) is 29.4. The molecule has 0 aromatic carbocycles. The zero-order chi connectivity index (χ0) is 17.1. The molecule has 0 saturated carbocycles. The summed E-state index contributed by atoms with van der Waals surface area (Å²) in [5.41, 5.74) is 0. The minimum atomic E-state index is -0.139. The number of hydrogen-bond acceptors (Lipinski definition) is 5. The minimum Gasteiger partial charge on any atom is -0.461 e. The normalized spacial score (nSPS) is 26.1. The number of carbonyl (C=O) groups is 2. The van der Waals surface area contributed by atoms with Crippen LogP contribution in [-0.4, -0.2) is 65.9 Å². The third kappa shape index (κ3) is 3.54. The maximum Gasteiger partial charge on any atom is 0.240 e. The Morgan fingerprint density at radius 1 is 1.38 bits per heavy atom. The topological polar surface area (TPSA) is 63.0 Å². The SMILES string of the molecule is CC(C)N1CCC[C@H](N2CCOC[C@H]2CC(=O)c2ccco2)C1=O. The number of hydrogen-bond donors (Lipinski definition) is 0. The Bertz CT molecular complexity index is 570. The molecule has 0 N–H and O–H groups in total. The monoisotopic (exact) mass is 334 g/mol. The van der Waals surface area contributed by atoms with Gasteiger partial charge in [-0.25, -0.2) is 0 Å². The molecule has 2 aliphatic heterocycles. The van der Waals surface area contributed by atoms with Crippen molar-refractivity contribution in [1.29, 1.82) is 0 Å². The first kappa shape index (κ1) is 17.2. The first-order valence-electron chi connectivity index (χ1n) is 8.78. The maximum atomic E-state index is 12.9. The standard InChI is InChI=1S/C18H26N2O4/c1-13(2)19-7-3-5-15(18(19)22)20-8-10-23-12-14(20)11-16(21)17-6-4-9-24-17/h4,6,9,13-15H,3,5,7-8,10-12H2,1-2H3/t14-,15+/m1/s1. The second-order valence-corrected chi connectivity index (χ2v) is 6.85. The van der Waals surface area contributed by atoms with E-state index in [1.807, 2.05) is 4.90 Å². The van der Waals surface area contributed by atoms with Gasteiger partial charge >= 0.3 is 0 Å². The number of rotatable bonds is 5. The molecule has 0 radical (unpaired) electrons. The quantitative estimate of drug-likeness (QED) is 0.770. The van der Waals surface area contributed by atoms with Crippen molar-refractivity contribution >= 4 is 11.7 Å². The van der Waals surface area contributed by atoms with Crippen LogP contribution in [-0.2, 0) is 9.53 Å². The summed E-state index contributed by atoms with van der Waals surface area (Å²) in [6, 6.07) is 3.40. The van der Waals surface area contributed by atoms with Crippen molar-refractivity contribution in [3.63, 3.8) is 0 Å². The summed E-state index contributed by atoms with van der Waals surface area (Å²) >= 11 is 0. The van der Waals surface area contributed by atoms with Crippen LogP contribution in [0.3, 0.4) is 0 Å². The molecule has 1 aromatic rings. The summed E-state index contributed by atoms with van der Waals surface area (Å²) in [6.45, 7) is 6.72. The third-order valence-corrected chi connectivity index (χ3v) is 4.96. The van der Waals surface area contributed by atoms with Gasteiger partial charge in [-0.15, -0.1) is 0 Å². The van der Waals surface area contributed by atoms with Crippen molar-refractivity contribution in [2.75, 3.05) is 26.3 Å². The van der Waals surface area contributed by atoms with Crippen LogP contribution >= 0.6 is 0 Å². The highest BCUT2D eigenvalue weighted by atomic mass is 16.5. The average molecular weight is 334 g/mol. The highest BCUT2D eigenvalue weighted by molar-refractivity contribution is 5.93. The van der Waals surface area contributed by atoms with Crippen molar-refractivity contribution in [3.05, 3.63) is 24.2 Å². The van der Waals surface area contributed by atoms with E-state index in [-0.39, 0.29) is 29.8 Å². The van der Waals surface area contributed by atoms with Gasteiger partial charge in [0.2, 0.25) is 5.91 Å². The number of amides is 1. The lowest BCUT2D eigenvalue weighted by Crippen LogP contribution is -2.60. The Balaban J connectivity index is 1.72. The second kappa shape index (κ2) is 7.49. The number of likely N-dealkylation sites (tertiary alicyclic amines) is 1. The fourth-order valence-electron chi connectivity index (χ4n) is 3.71. The van der Waals surface area contributed by atoms with E-state index in [9.17, 15) is 9.59 Å². The molecular weight excluding hydrogens is 308 g/mol. The fourth-order valence-corrected chi connectivity index (χ4v) is 3.71. The molecule has 2 fully saturated rings.